The molecule has 0 atom stereocenters. The summed E-state index contributed by atoms with van der Waals surface area (Å²) in [5.41, 5.74) is 17.5. The first-order chi connectivity index (χ1) is 25.8. The molecule has 0 aliphatic carbocycles. The molecule has 242 valence electrons. The number of hydrazine groups is 1. The fourth-order valence-electron chi connectivity index (χ4n) is 8.46. The average Bonchev–Trinajstić information content (AvgIpc) is 3.73. The molecule has 2 heterocycles. The van der Waals surface area contributed by atoms with Crippen molar-refractivity contribution in [2.75, 3.05) is 5.01 Å². The number of nitrogens with zero attached hydrogens (tertiary/aromatic N) is 2. The molecule has 0 radical (unpaired) electrons. The van der Waals surface area contributed by atoms with Crippen LogP contribution in [0.5, 0.6) is 0 Å². The third kappa shape index (κ3) is 5.03. The van der Waals surface area contributed by atoms with Crippen molar-refractivity contribution in [3.63, 3.8) is 0 Å². The van der Waals surface area contributed by atoms with Gasteiger partial charge in [0.1, 0.15) is 0 Å². The van der Waals surface area contributed by atoms with Gasteiger partial charge in [0.25, 0.3) is 0 Å². The lowest BCUT2D eigenvalue weighted by Gasteiger charge is -2.31. The molecule has 8 aromatic rings. The predicted molar refractivity (Wildman–Crippen MR) is 222 cm³/mol. The lowest BCUT2D eigenvalue weighted by Crippen LogP contribution is -2.64. The van der Waals surface area contributed by atoms with E-state index >= 15 is 0 Å². The van der Waals surface area contributed by atoms with Crippen LogP contribution in [0.2, 0.25) is 0 Å². The van der Waals surface area contributed by atoms with Crippen molar-refractivity contribution in [2.24, 2.45) is 0 Å². The molecule has 8 aromatic carbocycles. The van der Waals surface area contributed by atoms with Gasteiger partial charge in [0.15, 0.2) is 0 Å². The maximum atomic E-state index is 2.62. The van der Waals surface area contributed by atoms with Crippen LogP contribution in [-0.4, -0.2) is 18.5 Å². The van der Waals surface area contributed by atoms with Gasteiger partial charge < -0.3 is 0 Å². The zero-order valence-electron chi connectivity index (χ0n) is 28.7. The third-order valence-electron chi connectivity index (χ3n) is 10.7. The molecule has 2 aliphatic heterocycles. The first-order valence-corrected chi connectivity index (χ1v) is 18.1. The van der Waals surface area contributed by atoms with Crippen LogP contribution in [0.1, 0.15) is 0 Å². The highest BCUT2D eigenvalue weighted by atomic mass is 15.6. The zero-order valence-corrected chi connectivity index (χ0v) is 28.7. The highest BCUT2D eigenvalue weighted by Gasteiger charge is 2.53. The molecule has 0 bridgehead atoms. The van der Waals surface area contributed by atoms with Gasteiger partial charge in [0, 0.05) is 0 Å². The number of fused-ring (bicyclic) bond motifs is 5. The Labute approximate surface area is 306 Å². The fraction of sp³-hybridized carbons (Fsp3) is 0. The van der Waals surface area contributed by atoms with Crippen LogP contribution < -0.4 is 26.9 Å². The van der Waals surface area contributed by atoms with Crippen LogP contribution in [-0.2, 0) is 0 Å². The summed E-state index contributed by atoms with van der Waals surface area (Å²) in [6.07, 6.45) is 0. The van der Waals surface area contributed by atoms with Crippen molar-refractivity contribution < 1.29 is 0 Å². The van der Waals surface area contributed by atoms with Crippen LogP contribution in [0.25, 0.3) is 44.5 Å². The molecule has 52 heavy (non-hydrogen) atoms. The van der Waals surface area contributed by atoms with Gasteiger partial charge in [-0.15, -0.1) is 0 Å². The van der Waals surface area contributed by atoms with E-state index in [2.05, 4.69) is 216 Å². The largest absolute Gasteiger partial charge is 0.302 e. The lowest BCUT2D eigenvalue weighted by atomic mass is 9.39. The summed E-state index contributed by atoms with van der Waals surface area (Å²) in [5.74, 6) is 0. The Morgan fingerprint density at radius 1 is 0.288 bits per heavy atom. The summed E-state index contributed by atoms with van der Waals surface area (Å²) in [5, 5.41) is 2.50. The fourth-order valence-corrected chi connectivity index (χ4v) is 8.46. The van der Waals surface area contributed by atoms with Gasteiger partial charge in [-0.2, -0.15) is 0 Å². The van der Waals surface area contributed by atoms with Gasteiger partial charge in [0.2, 0.25) is 0 Å². The van der Waals surface area contributed by atoms with E-state index in [-0.39, 0.29) is 13.7 Å². The molecule has 0 spiro atoms. The van der Waals surface area contributed by atoms with Crippen molar-refractivity contribution in [3.05, 3.63) is 206 Å². The molecule has 0 N–H and O–H groups in total. The Balaban J connectivity index is 1.17. The normalized spacial score (nSPS) is 13.2. The summed E-state index contributed by atoms with van der Waals surface area (Å²) in [4.78, 5) is 2.62. The summed E-state index contributed by atoms with van der Waals surface area (Å²) in [6, 6.07) is 75.3. The molecular formula is C48H34B2N2. The second-order valence-corrected chi connectivity index (χ2v) is 13.7. The first-order valence-electron chi connectivity index (χ1n) is 18.1. The molecule has 4 heteroatoms. The zero-order chi connectivity index (χ0) is 34.4. The van der Waals surface area contributed by atoms with Crippen molar-refractivity contribution in [1.29, 1.82) is 0 Å². The molecular weight excluding hydrogens is 626 g/mol. The molecule has 0 aromatic heterocycles. The molecule has 0 fully saturated rings. The maximum absolute atomic E-state index is 2.62. The highest BCUT2D eigenvalue weighted by Crippen LogP contribution is 2.41. The predicted octanol–water partition coefficient (Wildman–Crippen LogP) is 8.95. The van der Waals surface area contributed by atoms with Gasteiger partial charge >= 0.3 is 13.7 Å². The lowest BCUT2D eigenvalue weighted by molar-refractivity contribution is 0.720. The minimum Gasteiger partial charge on any atom is -0.295 e. The van der Waals surface area contributed by atoms with Crippen LogP contribution in [0.4, 0.5) is 11.4 Å². The van der Waals surface area contributed by atoms with Crippen LogP contribution in [0.3, 0.4) is 0 Å². The number of rotatable bonds is 6. The topological polar surface area (TPSA) is 6.48 Å². The van der Waals surface area contributed by atoms with Crippen LogP contribution in [0, 0.1) is 0 Å². The smallest absolute Gasteiger partial charge is 0.295 e. The molecule has 2 nitrogen and oxygen atoms in total. The standard InChI is InChI=1S/C48H34B2N2/c1-5-17-35(18-6-1)41-25-13-15-27-43(41)37-29-31-47-45(33-37)49(39-21-9-3-10-22-39)52-50(40-23-11-4-12-24-40)46-34-38(30-32-48(46)51(47)52)44-28-16-14-26-42(44)36-19-7-2-8-20-36/h1-34H. The SMILES string of the molecule is c1ccc(B2c3cc(-c4ccccc4-c4ccccc4)ccc3N3c4ccc(-c5ccccc5-c5ccccc5)cc4B(c4ccccc4)N23)cc1. The minimum atomic E-state index is 0.0118. The molecule has 0 unspecified atom stereocenters. The van der Waals surface area contributed by atoms with E-state index in [1.165, 1.54) is 77.7 Å². The summed E-state index contributed by atoms with van der Waals surface area (Å²) < 4.78 is 0. The van der Waals surface area contributed by atoms with Crippen molar-refractivity contribution >= 4 is 46.9 Å². The molecule has 0 amide bonds. The van der Waals surface area contributed by atoms with E-state index < -0.39 is 0 Å². The quantitative estimate of drug-likeness (QED) is 0.165. The van der Waals surface area contributed by atoms with E-state index in [9.17, 15) is 0 Å². The number of hydrogen-bond donors (Lipinski definition) is 0. The number of anilines is 2. The van der Waals surface area contributed by atoms with Crippen LogP contribution in [0.15, 0.2) is 206 Å². The number of benzene rings is 8. The summed E-state index contributed by atoms with van der Waals surface area (Å²) in [7, 11) is 0. The van der Waals surface area contributed by atoms with Gasteiger partial charge in [-0.1, -0.05) is 205 Å². The molecule has 10 rings (SSSR count). The summed E-state index contributed by atoms with van der Waals surface area (Å²) in [6.45, 7) is 0.0235. The van der Waals surface area contributed by atoms with Crippen LogP contribution >= 0.6 is 0 Å². The summed E-state index contributed by atoms with van der Waals surface area (Å²) >= 11 is 0. The second-order valence-electron chi connectivity index (χ2n) is 13.7. The van der Waals surface area contributed by atoms with Crippen molar-refractivity contribution in [3.8, 4) is 44.5 Å². The van der Waals surface area contributed by atoms with Gasteiger partial charge in [-0.25, -0.2) is 0 Å². The average molecular weight is 660 g/mol. The van der Waals surface area contributed by atoms with E-state index in [0.717, 1.165) is 0 Å². The van der Waals surface area contributed by atoms with Gasteiger partial charge in [-0.3, -0.25) is 9.84 Å². The van der Waals surface area contributed by atoms with E-state index in [1.807, 2.05) is 0 Å². The molecule has 2 aliphatic rings. The molecule has 0 saturated heterocycles. The Morgan fingerprint density at radius 2 is 0.615 bits per heavy atom. The second kappa shape index (κ2) is 12.8. The highest BCUT2D eigenvalue weighted by molar-refractivity contribution is 7.00. The van der Waals surface area contributed by atoms with Gasteiger partial charge in [0.05, 0.1) is 11.4 Å². The Hall–Kier alpha value is -6.35. The Bertz CT molecular complexity index is 2360. The Morgan fingerprint density at radius 3 is 1.00 bits per heavy atom. The van der Waals surface area contributed by atoms with E-state index in [1.54, 1.807) is 0 Å². The van der Waals surface area contributed by atoms with Crippen molar-refractivity contribution in [2.45, 2.75) is 0 Å². The van der Waals surface area contributed by atoms with Crippen molar-refractivity contribution in [1.82, 2.24) is 4.83 Å². The first kappa shape index (κ1) is 30.5. The van der Waals surface area contributed by atoms with E-state index in [4.69, 9.17) is 0 Å². The molecule has 0 saturated carbocycles. The Kier molecular flexibility index (Phi) is 7.48. The maximum Gasteiger partial charge on any atom is 0.302 e. The third-order valence-corrected chi connectivity index (χ3v) is 10.7. The van der Waals surface area contributed by atoms with Gasteiger partial charge in [-0.05, 0) is 67.6 Å². The minimum absolute atomic E-state index is 0.0118. The van der Waals surface area contributed by atoms with E-state index in [0.29, 0.717) is 0 Å². The number of hydrogen-bond acceptors (Lipinski definition) is 2. The monoisotopic (exact) mass is 660 g/mol.